The van der Waals surface area contributed by atoms with Gasteiger partial charge in [-0.2, -0.15) is 0 Å². The second-order valence-corrected chi connectivity index (χ2v) is 8.73. The van der Waals surface area contributed by atoms with Gasteiger partial charge in [0.15, 0.2) is 0 Å². The van der Waals surface area contributed by atoms with E-state index < -0.39 is 6.23 Å². The lowest BCUT2D eigenvalue weighted by Gasteiger charge is -2.13. The number of nitrogens with zero attached hydrogens (tertiary/aromatic N) is 6. The van der Waals surface area contributed by atoms with E-state index in [1.807, 2.05) is 61.0 Å². The molecule has 0 fully saturated rings. The largest absolute Gasteiger partial charge is 0.419 e. The van der Waals surface area contributed by atoms with Crippen LogP contribution in [0.25, 0.3) is 33.5 Å². The molecule has 0 saturated heterocycles. The highest BCUT2D eigenvalue weighted by molar-refractivity contribution is 6.08. The first-order valence-electron chi connectivity index (χ1n) is 11.7. The zero-order chi connectivity index (χ0) is 25.5. The highest BCUT2D eigenvalue weighted by atomic mass is 16.5. The second-order valence-electron chi connectivity index (χ2n) is 8.73. The van der Waals surface area contributed by atoms with Gasteiger partial charge in [0, 0.05) is 48.2 Å². The van der Waals surface area contributed by atoms with Gasteiger partial charge in [0.1, 0.15) is 29.7 Å². The van der Waals surface area contributed by atoms with Crippen LogP contribution in [-0.2, 0) is 13.6 Å². The summed E-state index contributed by atoms with van der Waals surface area (Å²) in [6, 6.07) is 15.3. The Kier molecular flexibility index (Phi) is 5.50. The summed E-state index contributed by atoms with van der Waals surface area (Å²) in [5.41, 5.74) is 6.84. The third kappa shape index (κ3) is 4.03. The Hall–Kier alpha value is -4.83. The molecule has 10 nitrogen and oxygen atoms in total. The number of hydrogen-bond donors (Lipinski definition) is 3. The minimum Gasteiger partial charge on any atom is -0.419 e. The molecular weight excluding hydrogens is 468 g/mol. The van der Waals surface area contributed by atoms with E-state index in [0.29, 0.717) is 18.3 Å². The lowest BCUT2D eigenvalue weighted by molar-refractivity contribution is 0.253. The smallest absolute Gasteiger partial charge is 0.241 e. The number of hydrogen-bond acceptors (Lipinski definition) is 9. The van der Waals surface area contributed by atoms with Crippen molar-refractivity contribution in [2.45, 2.75) is 19.7 Å². The van der Waals surface area contributed by atoms with Gasteiger partial charge in [0.25, 0.3) is 0 Å². The zero-order valence-corrected chi connectivity index (χ0v) is 20.3. The molecule has 5 heterocycles. The van der Waals surface area contributed by atoms with Crippen molar-refractivity contribution in [3.8, 4) is 34.3 Å². The Bertz CT molecular complexity index is 1650. The van der Waals surface area contributed by atoms with Gasteiger partial charge in [0.05, 0.1) is 11.1 Å². The van der Waals surface area contributed by atoms with Crippen LogP contribution in [0.4, 0.5) is 11.5 Å². The molecule has 0 saturated carbocycles. The number of aliphatic hydroxyl groups is 1. The molecule has 0 aliphatic carbocycles. The van der Waals surface area contributed by atoms with Crippen molar-refractivity contribution >= 4 is 22.5 Å². The van der Waals surface area contributed by atoms with Gasteiger partial charge in [-0.15, -0.1) is 10.2 Å². The van der Waals surface area contributed by atoms with E-state index in [2.05, 4.69) is 42.4 Å². The number of fused-ring (bicyclic) bond motifs is 2. The maximum absolute atomic E-state index is 9.84. The van der Waals surface area contributed by atoms with Crippen LogP contribution in [0, 0.1) is 6.92 Å². The molecule has 37 heavy (non-hydrogen) atoms. The van der Waals surface area contributed by atoms with E-state index in [9.17, 15) is 5.11 Å². The Morgan fingerprint density at radius 3 is 2.76 bits per heavy atom. The molecule has 5 aromatic rings. The van der Waals surface area contributed by atoms with Gasteiger partial charge < -0.3 is 25.0 Å². The van der Waals surface area contributed by atoms with Gasteiger partial charge in [-0.1, -0.05) is 24.8 Å². The lowest BCUT2D eigenvalue weighted by Crippen LogP contribution is -2.14. The van der Waals surface area contributed by atoms with Crippen molar-refractivity contribution < 1.29 is 9.84 Å². The highest BCUT2D eigenvalue weighted by Crippen LogP contribution is 2.44. The quantitative estimate of drug-likeness (QED) is 0.233. The van der Waals surface area contributed by atoms with Crippen molar-refractivity contribution in [3.63, 3.8) is 0 Å². The van der Waals surface area contributed by atoms with Crippen LogP contribution in [0.3, 0.4) is 0 Å². The number of ether oxygens (including phenoxy) is 1. The first-order chi connectivity index (χ1) is 18.0. The minimum absolute atomic E-state index is 0.362. The number of pyridine rings is 1. The molecule has 1 aliphatic rings. The van der Waals surface area contributed by atoms with Crippen LogP contribution in [0.15, 0.2) is 67.5 Å². The van der Waals surface area contributed by atoms with Crippen LogP contribution < -0.4 is 15.4 Å². The normalized spacial score (nSPS) is 12.8. The summed E-state index contributed by atoms with van der Waals surface area (Å²) in [5.74, 6) is 1.55. The molecule has 0 amide bonds. The molecule has 1 unspecified atom stereocenters. The fourth-order valence-electron chi connectivity index (χ4n) is 4.58. The summed E-state index contributed by atoms with van der Waals surface area (Å²) in [6.45, 7) is 6.00. The predicted molar refractivity (Wildman–Crippen MR) is 141 cm³/mol. The monoisotopic (exact) mass is 492 g/mol. The molecule has 0 bridgehead atoms. The van der Waals surface area contributed by atoms with E-state index in [0.717, 1.165) is 56.3 Å². The van der Waals surface area contributed by atoms with Crippen molar-refractivity contribution in [2.24, 2.45) is 7.05 Å². The van der Waals surface area contributed by atoms with Crippen LogP contribution in [0.2, 0.25) is 0 Å². The number of aromatic nitrogens is 6. The van der Waals surface area contributed by atoms with E-state index >= 15 is 0 Å². The van der Waals surface area contributed by atoms with Gasteiger partial charge in [0.2, 0.25) is 11.8 Å². The second kappa shape index (κ2) is 8.99. The summed E-state index contributed by atoms with van der Waals surface area (Å²) in [7, 11) is 1.97. The molecule has 0 radical (unpaired) electrons. The van der Waals surface area contributed by atoms with Gasteiger partial charge in [-0.25, -0.2) is 15.0 Å². The number of nitrogens with one attached hydrogen (secondary N) is 2. The fraction of sp³-hybridized carbons (Fsp3) is 0.148. The Labute approximate surface area is 212 Å². The molecule has 0 spiro atoms. The standard InChI is InChI=1S/C27H24N8O2/c1-4-19(36)32-18-10-8-16(9-11-18)25-22-23-26(29-14-30-27(23)35(25)3)28-13-17-12-21(33-34-24(17)22)37-20-7-5-6-15(2)31-20/h4-12,14,19,32,36H,1,13H2,2-3H3,(H,28,29,30). The van der Waals surface area contributed by atoms with Crippen molar-refractivity contribution in [3.05, 3.63) is 78.8 Å². The minimum atomic E-state index is -0.828. The molecule has 10 heteroatoms. The summed E-state index contributed by atoms with van der Waals surface area (Å²) in [6.07, 6.45) is 2.16. The molecule has 1 aromatic carbocycles. The van der Waals surface area contributed by atoms with E-state index in [1.54, 1.807) is 12.4 Å². The van der Waals surface area contributed by atoms with E-state index in [4.69, 9.17) is 4.74 Å². The highest BCUT2D eigenvalue weighted by Gasteiger charge is 2.28. The number of benzene rings is 1. The van der Waals surface area contributed by atoms with E-state index in [1.165, 1.54) is 6.08 Å². The number of aryl methyl sites for hydroxylation is 2. The van der Waals surface area contributed by atoms with Crippen LogP contribution >= 0.6 is 0 Å². The summed E-state index contributed by atoms with van der Waals surface area (Å²) < 4.78 is 7.95. The Morgan fingerprint density at radius 1 is 1.14 bits per heavy atom. The third-order valence-electron chi connectivity index (χ3n) is 6.27. The SMILES string of the molecule is C=CC(O)Nc1ccc(-c2c3c4c(ncnc4n2C)NCc2cc(Oc4cccc(C)n4)nnc2-3)cc1. The summed E-state index contributed by atoms with van der Waals surface area (Å²) >= 11 is 0. The topological polar surface area (TPSA) is 123 Å². The van der Waals surface area contributed by atoms with Crippen LogP contribution in [-0.4, -0.2) is 41.1 Å². The van der Waals surface area contributed by atoms with Gasteiger partial charge in [-0.05, 0) is 36.8 Å². The predicted octanol–water partition coefficient (Wildman–Crippen LogP) is 4.43. The van der Waals surface area contributed by atoms with Crippen molar-refractivity contribution in [1.82, 2.24) is 29.7 Å². The molecule has 6 rings (SSSR count). The molecule has 1 aliphatic heterocycles. The van der Waals surface area contributed by atoms with Gasteiger partial charge >= 0.3 is 0 Å². The number of aliphatic hydroxyl groups excluding tert-OH is 1. The first kappa shape index (κ1) is 22.6. The van der Waals surface area contributed by atoms with Gasteiger partial charge in [-0.3, -0.25) is 0 Å². The van der Waals surface area contributed by atoms with E-state index in [-0.39, 0.29) is 0 Å². The van der Waals surface area contributed by atoms with Crippen molar-refractivity contribution in [1.29, 1.82) is 0 Å². The maximum atomic E-state index is 9.84. The first-order valence-corrected chi connectivity index (χ1v) is 11.7. The zero-order valence-electron chi connectivity index (χ0n) is 20.3. The summed E-state index contributed by atoms with van der Waals surface area (Å²) in [4.78, 5) is 13.5. The Balaban J connectivity index is 1.48. The molecule has 3 N–H and O–H groups in total. The average molecular weight is 493 g/mol. The molecule has 184 valence electrons. The average Bonchev–Trinajstić information content (AvgIpc) is 3.10. The third-order valence-corrected chi connectivity index (χ3v) is 6.27. The number of rotatable bonds is 6. The fourth-order valence-corrected chi connectivity index (χ4v) is 4.58. The van der Waals surface area contributed by atoms with Crippen LogP contribution in [0.5, 0.6) is 11.8 Å². The molecule has 1 atom stereocenters. The molecule has 4 aromatic heterocycles. The maximum Gasteiger partial charge on any atom is 0.241 e. The van der Waals surface area contributed by atoms with Crippen LogP contribution in [0.1, 0.15) is 11.3 Å². The van der Waals surface area contributed by atoms with Crippen molar-refractivity contribution in [2.75, 3.05) is 10.6 Å². The Morgan fingerprint density at radius 2 is 1.97 bits per heavy atom. The lowest BCUT2D eigenvalue weighted by atomic mass is 10.0. The number of anilines is 2. The summed E-state index contributed by atoms with van der Waals surface area (Å²) in [5, 5.41) is 26.1. The molecular formula is C27H24N8O2.